The van der Waals surface area contributed by atoms with Crippen molar-refractivity contribution in [3.05, 3.63) is 53.8 Å². The molecular formula is C16H14O3. The van der Waals surface area contributed by atoms with E-state index >= 15 is 0 Å². The number of carbonyl (C=O) groups excluding carboxylic acids is 1. The van der Waals surface area contributed by atoms with Gasteiger partial charge in [-0.3, -0.25) is 0 Å². The lowest BCUT2D eigenvalue weighted by Gasteiger charge is -2.13. The van der Waals surface area contributed by atoms with E-state index in [1.54, 1.807) is 0 Å². The molecule has 0 atom stereocenters. The molecule has 19 heavy (non-hydrogen) atoms. The van der Waals surface area contributed by atoms with Crippen LogP contribution >= 0.6 is 0 Å². The number of carbonyl (C=O) groups is 1. The molecule has 96 valence electrons. The summed E-state index contributed by atoms with van der Waals surface area (Å²) >= 11 is 0. The summed E-state index contributed by atoms with van der Waals surface area (Å²) in [6.45, 7) is 3.62. The van der Waals surface area contributed by atoms with E-state index < -0.39 is 11.8 Å². The second-order valence-corrected chi connectivity index (χ2v) is 5.08. The summed E-state index contributed by atoms with van der Waals surface area (Å²) in [4.78, 5) is 11.2. The van der Waals surface area contributed by atoms with Crippen LogP contribution < -0.4 is 0 Å². The smallest absolute Gasteiger partial charge is 0.420 e. The van der Waals surface area contributed by atoms with Crippen molar-refractivity contribution in [2.24, 2.45) is 0 Å². The Labute approximate surface area is 111 Å². The van der Waals surface area contributed by atoms with Gasteiger partial charge in [0.2, 0.25) is 0 Å². The Morgan fingerprint density at radius 2 is 1.79 bits per heavy atom. The van der Waals surface area contributed by atoms with Gasteiger partial charge in [0.15, 0.2) is 11.4 Å². The molecule has 0 radical (unpaired) electrons. The highest BCUT2D eigenvalue weighted by atomic mass is 16.8. The van der Waals surface area contributed by atoms with Gasteiger partial charge in [-0.1, -0.05) is 36.4 Å². The Bertz CT molecular complexity index is 683. The predicted octanol–water partition coefficient (Wildman–Crippen LogP) is 4.13. The largest absolute Gasteiger partial charge is 0.514 e. The van der Waals surface area contributed by atoms with Crippen molar-refractivity contribution in [1.82, 2.24) is 0 Å². The van der Waals surface area contributed by atoms with Crippen molar-refractivity contribution in [3.8, 4) is 0 Å². The number of ether oxygens (including phenoxy) is 2. The SMILES string of the molecule is CC1(C)OC(=O)O/C1=C/c1ccc2ccccc2c1. The number of fused-ring (bicyclic) bond motifs is 1. The van der Waals surface area contributed by atoms with E-state index in [-0.39, 0.29) is 0 Å². The van der Waals surface area contributed by atoms with Gasteiger partial charge in [-0.15, -0.1) is 0 Å². The summed E-state index contributed by atoms with van der Waals surface area (Å²) in [5, 5.41) is 2.34. The third-order valence-electron chi connectivity index (χ3n) is 3.20. The molecule has 0 N–H and O–H groups in total. The van der Waals surface area contributed by atoms with Gasteiger partial charge in [0.25, 0.3) is 0 Å². The Morgan fingerprint density at radius 1 is 1.05 bits per heavy atom. The lowest BCUT2D eigenvalue weighted by Crippen LogP contribution is -2.20. The maximum Gasteiger partial charge on any atom is 0.514 e. The molecule has 1 aliphatic heterocycles. The molecule has 1 saturated heterocycles. The van der Waals surface area contributed by atoms with E-state index in [1.807, 2.05) is 44.2 Å². The molecule has 1 fully saturated rings. The van der Waals surface area contributed by atoms with Gasteiger partial charge >= 0.3 is 6.16 Å². The summed E-state index contributed by atoms with van der Waals surface area (Å²) in [5.74, 6) is 0.535. The molecule has 2 aromatic carbocycles. The predicted molar refractivity (Wildman–Crippen MR) is 73.6 cm³/mol. The van der Waals surface area contributed by atoms with Crippen LogP contribution in [0.1, 0.15) is 19.4 Å². The topological polar surface area (TPSA) is 35.5 Å². The first-order valence-electron chi connectivity index (χ1n) is 6.16. The molecule has 0 unspecified atom stereocenters. The highest BCUT2D eigenvalue weighted by molar-refractivity contribution is 5.85. The lowest BCUT2D eigenvalue weighted by molar-refractivity contribution is 0.0873. The Balaban J connectivity index is 2.03. The fourth-order valence-corrected chi connectivity index (χ4v) is 2.14. The first kappa shape index (κ1) is 11.8. The molecule has 3 heteroatoms. The van der Waals surface area contributed by atoms with Crippen molar-refractivity contribution in [1.29, 1.82) is 0 Å². The molecule has 0 aromatic heterocycles. The minimum atomic E-state index is -0.706. The van der Waals surface area contributed by atoms with Crippen LogP contribution in [0.3, 0.4) is 0 Å². The summed E-state index contributed by atoms with van der Waals surface area (Å²) in [6, 6.07) is 14.2. The zero-order chi connectivity index (χ0) is 13.5. The standard InChI is InChI=1S/C16H14O3/c1-16(2)14(18-15(17)19-16)10-11-7-8-12-5-3-4-6-13(12)9-11/h3-10H,1-2H3/b14-10+. The number of cyclic esters (lactones) is 2. The molecular weight excluding hydrogens is 240 g/mol. The molecule has 0 saturated carbocycles. The summed E-state index contributed by atoms with van der Waals surface area (Å²) in [6.07, 6.45) is 1.20. The van der Waals surface area contributed by atoms with Gasteiger partial charge < -0.3 is 9.47 Å². The molecule has 1 aliphatic rings. The normalized spacial score (nSPS) is 19.5. The molecule has 3 rings (SSSR count). The Hall–Kier alpha value is -2.29. The maximum absolute atomic E-state index is 11.2. The zero-order valence-electron chi connectivity index (χ0n) is 10.8. The van der Waals surface area contributed by atoms with Crippen molar-refractivity contribution >= 4 is 23.0 Å². The average molecular weight is 254 g/mol. The fourth-order valence-electron chi connectivity index (χ4n) is 2.14. The minimum Gasteiger partial charge on any atom is -0.420 e. The Morgan fingerprint density at radius 3 is 2.47 bits per heavy atom. The van der Waals surface area contributed by atoms with Crippen LogP contribution in [0.4, 0.5) is 4.79 Å². The van der Waals surface area contributed by atoms with Crippen molar-refractivity contribution in [3.63, 3.8) is 0 Å². The first-order chi connectivity index (χ1) is 9.04. The molecule has 1 heterocycles. The van der Waals surface area contributed by atoms with E-state index in [0.717, 1.165) is 10.9 Å². The molecule has 0 spiro atoms. The van der Waals surface area contributed by atoms with Crippen LogP contribution in [0.2, 0.25) is 0 Å². The van der Waals surface area contributed by atoms with Crippen LogP contribution in [0, 0.1) is 0 Å². The van der Waals surface area contributed by atoms with E-state index in [4.69, 9.17) is 9.47 Å². The summed E-state index contributed by atoms with van der Waals surface area (Å²) in [5.41, 5.74) is 0.281. The van der Waals surface area contributed by atoms with E-state index in [2.05, 4.69) is 18.2 Å². The zero-order valence-corrected chi connectivity index (χ0v) is 10.8. The third-order valence-corrected chi connectivity index (χ3v) is 3.20. The van der Waals surface area contributed by atoms with Gasteiger partial charge in [-0.05, 0) is 42.3 Å². The van der Waals surface area contributed by atoms with Gasteiger partial charge in [-0.25, -0.2) is 4.79 Å². The van der Waals surface area contributed by atoms with Crippen LogP contribution in [-0.4, -0.2) is 11.8 Å². The second kappa shape index (κ2) is 4.12. The van der Waals surface area contributed by atoms with Crippen LogP contribution in [-0.2, 0) is 9.47 Å². The summed E-state index contributed by atoms with van der Waals surface area (Å²) in [7, 11) is 0. The van der Waals surface area contributed by atoms with Gasteiger partial charge in [0, 0.05) is 0 Å². The maximum atomic E-state index is 11.2. The molecule has 0 bridgehead atoms. The third kappa shape index (κ3) is 2.19. The molecule has 3 nitrogen and oxygen atoms in total. The van der Waals surface area contributed by atoms with Crippen LogP contribution in [0.5, 0.6) is 0 Å². The first-order valence-corrected chi connectivity index (χ1v) is 6.16. The minimum absolute atomic E-state index is 0.535. The van der Waals surface area contributed by atoms with Gasteiger partial charge in [0.05, 0.1) is 0 Å². The van der Waals surface area contributed by atoms with Crippen LogP contribution in [0.15, 0.2) is 48.2 Å². The average Bonchev–Trinajstić information content (AvgIpc) is 2.62. The second-order valence-electron chi connectivity index (χ2n) is 5.08. The van der Waals surface area contributed by atoms with Crippen molar-refractivity contribution in [2.45, 2.75) is 19.4 Å². The van der Waals surface area contributed by atoms with E-state index in [0.29, 0.717) is 5.76 Å². The number of hydrogen-bond donors (Lipinski definition) is 0. The Kier molecular flexibility index (Phi) is 2.56. The van der Waals surface area contributed by atoms with E-state index in [1.165, 1.54) is 5.39 Å². The number of hydrogen-bond acceptors (Lipinski definition) is 3. The molecule has 2 aromatic rings. The van der Waals surface area contributed by atoms with Gasteiger partial charge in [-0.2, -0.15) is 0 Å². The quantitative estimate of drug-likeness (QED) is 0.718. The molecule has 0 amide bonds. The molecule has 0 aliphatic carbocycles. The van der Waals surface area contributed by atoms with Gasteiger partial charge in [0.1, 0.15) is 0 Å². The summed E-state index contributed by atoms with van der Waals surface area (Å²) < 4.78 is 10.2. The van der Waals surface area contributed by atoms with E-state index in [9.17, 15) is 4.79 Å². The highest BCUT2D eigenvalue weighted by Crippen LogP contribution is 2.31. The fraction of sp³-hybridized carbons (Fsp3) is 0.188. The van der Waals surface area contributed by atoms with Crippen LogP contribution in [0.25, 0.3) is 16.8 Å². The monoisotopic (exact) mass is 254 g/mol. The lowest BCUT2D eigenvalue weighted by atomic mass is 10.0. The number of benzene rings is 2. The van der Waals surface area contributed by atoms with Crippen molar-refractivity contribution in [2.75, 3.05) is 0 Å². The number of rotatable bonds is 1. The highest BCUT2D eigenvalue weighted by Gasteiger charge is 2.39. The van der Waals surface area contributed by atoms with Crippen molar-refractivity contribution < 1.29 is 14.3 Å².